The van der Waals surface area contributed by atoms with Crippen LogP contribution in [0.25, 0.3) is 0 Å². The standard InChI is InChI=1S/C12H10N4O2/c13-5-9-1-3-11(4-2-9)18-8-12(17)16-10-6-14-15-7-10/h1-4,6-7H,8H2,(H,14,15)(H,16,17). The molecule has 0 aliphatic heterocycles. The summed E-state index contributed by atoms with van der Waals surface area (Å²) < 4.78 is 5.26. The zero-order valence-corrected chi connectivity index (χ0v) is 9.38. The maximum atomic E-state index is 11.5. The third-order valence-corrected chi connectivity index (χ3v) is 2.14. The number of nitriles is 1. The van der Waals surface area contributed by atoms with Crippen molar-refractivity contribution < 1.29 is 9.53 Å². The van der Waals surface area contributed by atoms with E-state index in [9.17, 15) is 4.79 Å². The fourth-order valence-corrected chi connectivity index (χ4v) is 1.29. The first-order valence-electron chi connectivity index (χ1n) is 5.19. The molecule has 1 amide bonds. The van der Waals surface area contributed by atoms with Gasteiger partial charge < -0.3 is 10.1 Å². The van der Waals surface area contributed by atoms with Crippen LogP contribution in [0.1, 0.15) is 5.56 Å². The Morgan fingerprint density at radius 1 is 1.44 bits per heavy atom. The van der Waals surface area contributed by atoms with Crippen molar-refractivity contribution in [3.05, 3.63) is 42.2 Å². The summed E-state index contributed by atoms with van der Waals surface area (Å²) in [5, 5.41) is 17.5. The predicted molar refractivity (Wildman–Crippen MR) is 63.9 cm³/mol. The number of ether oxygens (including phenoxy) is 1. The number of aromatic amines is 1. The highest BCUT2D eigenvalue weighted by Crippen LogP contribution is 2.11. The van der Waals surface area contributed by atoms with Crippen molar-refractivity contribution in [1.29, 1.82) is 5.26 Å². The summed E-state index contributed by atoms with van der Waals surface area (Å²) in [6.07, 6.45) is 3.07. The first-order valence-corrected chi connectivity index (χ1v) is 5.19. The second kappa shape index (κ2) is 5.50. The number of nitrogens with zero attached hydrogens (tertiary/aromatic N) is 2. The summed E-state index contributed by atoms with van der Waals surface area (Å²) in [6.45, 7) is -0.100. The van der Waals surface area contributed by atoms with E-state index in [1.165, 1.54) is 6.20 Å². The molecule has 0 spiro atoms. The molecule has 0 aliphatic rings. The largest absolute Gasteiger partial charge is 0.484 e. The normalized spacial score (nSPS) is 9.50. The molecule has 0 fully saturated rings. The van der Waals surface area contributed by atoms with E-state index in [0.29, 0.717) is 17.0 Å². The molecule has 0 unspecified atom stereocenters. The molecule has 1 aromatic heterocycles. The van der Waals surface area contributed by atoms with Gasteiger partial charge in [-0.3, -0.25) is 9.89 Å². The molecule has 2 rings (SSSR count). The number of rotatable bonds is 4. The number of aromatic nitrogens is 2. The lowest BCUT2D eigenvalue weighted by atomic mass is 10.2. The number of hydrogen-bond acceptors (Lipinski definition) is 4. The molecule has 0 atom stereocenters. The van der Waals surface area contributed by atoms with Gasteiger partial charge in [0.05, 0.1) is 23.5 Å². The molecule has 2 aromatic rings. The van der Waals surface area contributed by atoms with E-state index >= 15 is 0 Å². The van der Waals surface area contributed by atoms with Gasteiger partial charge in [0.1, 0.15) is 5.75 Å². The molecule has 18 heavy (non-hydrogen) atoms. The molecule has 0 saturated heterocycles. The lowest BCUT2D eigenvalue weighted by molar-refractivity contribution is -0.118. The molecule has 0 aliphatic carbocycles. The lowest BCUT2D eigenvalue weighted by Gasteiger charge is -2.05. The average Bonchev–Trinajstić information content (AvgIpc) is 2.90. The maximum absolute atomic E-state index is 11.5. The molecule has 6 heteroatoms. The van der Waals surface area contributed by atoms with Gasteiger partial charge in [-0.15, -0.1) is 0 Å². The zero-order chi connectivity index (χ0) is 12.8. The van der Waals surface area contributed by atoms with Gasteiger partial charge in [0.2, 0.25) is 0 Å². The lowest BCUT2D eigenvalue weighted by Crippen LogP contribution is -2.19. The van der Waals surface area contributed by atoms with Gasteiger partial charge in [0.15, 0.2) is 6.61 Å². The van der Waals surface area contributed by atoms with E-state index in [1.54, 1.807) is 30.5 Å². The van der Waals surface area contributed by atoms with Crippen LogP contribution in [0.4, 0.5) is 5.69 Å². The van der Waals surface area contributed by atoms with Gasteiger partial charge >= 0.3 is 0 Å². The molecule has 1 aromatic carbocycles. The van der Waals surface area contributed by atoms with Crippen LogP contribution in [0.2, 0.25) is 0 Å². The van der Waals surface area contributed by atoms with Gasteiger partial charge in [0.25, 0.3) is 5.91 Å². The molecule has 0 radical (unpaired) electrons. The van der Waals surface area contributed by atoms with E-state index in [1.807, 2.05) is 6.07 Å². The van der Waals surface area contributed by atoms with Crippen LogP contribution in [-0.4, -0.2) is 22.7 Å². The molecule has 1 heterocycles. The summed E-state index contributed by atoms with van der Waals surface area (Å²) in [4.78, 5) is 11.5. The first kappa shape index (κ1) is 11.7. The fraction of sp³-hybridized carbons (Fsp3) is 0.0833. The van der Waals surface area contributed by atoms with Crippen molar-refractivity contribution in [3.8, 4) is 11.8 Å². The van der Waals surface area contributed by atoms with Gasteiger partial charge in [-0.05, 0) is 24.3 Å². The topological polar surface area (TPSA) is 90.8 Å². The number of hydrogen-bond donors (Lipinski definition) is 2. The number of benzene rings is 1. The highest BCUT2D eigenvalue weighted by Gasteiger charge is 2.04. The summed E-state index contributed by atoms with van der Waals surface area (Å²) in [5.41, 5.74) is 1.13. The SMILES string of the molecule is N#Cc1ccc(OCC(=O)Nc2cn[nH]c2)cc1. The predicted octanol–water partition coefficient (Wildman–Crippen LogP) is 1.30. The number of nitrogens with one attached hydrogen (secondary N) is 2. The molecule has 2 N–H and O–H groups in total. The average molecular weight is 242 g/mol. The Hall–Kier alpha value is -2.81. The molecule has 0 saturated carbocycles. The quantitative estimate of drug-likeness (QED) is 0.845. The van der Waals surface area contributed by atoms with Gasteiger partial charge in [0, 0.05) is 6.20 Å². The monoisotopic (exact) mass is 242 g/mol. The summed E-state index contributed by atoms with van der Waals surface area (Å²) in [6, 6.07) is 8.55. The minimum Gasteiger partial charge on any atom is -0.484 e. The van der Waals surface area contributed by atoms with E-state index in [4.69, 9.17) is 10.00 Å². The van der Waals surface area contributed by atoms with Crippen LogP contribution in [0.15, 0.2) is 36.7 Å². The molecule has 0 bridgehead atoms. The van der Waals surface area contributed by atoms with E-state index in [-0.39, 0.29) is 12.5 Å². The molecule has 90 valence electrons. The molecular formula is C12H10N4O2. The number of anilines is 1. The zero-order valence-electron chi connectivity index (χ0n) is 9.38. The Morgan fingerprint density at radius 3 is 2.83 bits per heavy atom. The van der Waals surface area contributed by atoms with E-state index in [2.05, 4.69) is 15.5 Å². The molecule has 6 nitrogen and oxygen atoms in total. The van der Waals surface area contributed by atoms with Crippen molar-refractivity contribution in [2.75, 3.05) is 11.9 Å². The second-order valence-electron chi connectivity index (χ2n) is 3.46. The van der Waals surface area contributed by atoms with Crippen molar-refractivity contribution in [2.24, 2.45) is 0 Å². The third-order valence-electron chi connectivity index (χ3n) is 2.14. The van der Waals surface area contributed by atoms with E-state index < -0.39 is 0 Å². The van der Waals surface area contributed by atoms with Crippen LogP contribution in [0, 0.1) is 11.3 Å². The summed E-state index contributed by atoms with van der Waals surface area (Å²) in [7, 11) is 0. The fourth-order valence-electron chi connectivity index (χ4n) is 1.29. The van der Waals surface area contributed by atoms with Gasteiger partial charge in [-0.2, -0.15) is 10.4 Å². The van der Waals surface area contributed by atoms with Gasteiger partial charge in [-0.25, -0.2) is 0 Å². The molecular weight excluding hydrogens is 232 g/mol. The number of amides is 1. The Bertz CT molecular complexity index is 555. The third kappa shape index (κ3) is 3.09. The van der Waals surface area contributed by atoms with Crippen LogP contribution in [-0.2, 0) is 4.79 Å². The van der Waals surface area contributed by atoms with Crippen LogP contribution >= 0.6 is 0 Å². The van der Waals surface area contributed by atoms with Crippen molar-refractivity contribution in [3.63, 3.8) is 0 Å². The maximum Gasteiger partial charge on any atom is 0.262 e. The summed E-state index contributed by atoms with van der Waals surface area (Å²) >= 11 is 0. The Balaban J connectivity index is 1.83. The Morgan fingerprint density at radius 2 is 2.22 bits per heavy atom. The van der Waals surface area contributed by atoms with Crippen LogP contribution in [0.3, 0.4) is 0 Å². The van der Waals surface area contributed by atoms with E-state index in [0.717, 1.165) is 0 Å². The second-order valence-corrected chi connectivity index (χ2v) is 3.46. The highest BCUT2D eigenvalue weighted by molar-refractivity contribution is 5.91. The number of carbonyl (C=O) groups is 1. The van der Waals surface area contributed by atoms with Crippen molar-refractivity contribution in [1.82, 2.24) is 10.2 Å². The minimum atomic E-state index is -0.277. The minimum absolute atomic E-state index is 0.100. The van der Waals surface area contributed by atoms with Crippen molar-refractivity contribution >= 4 is 11.6 Å². The smallest absolute Gasteiger partial charge is 0.262 e. The Kier molecular flexibility index (Phi) is 3.56. The first-order chi connectivity index (χ1) is 8.78. The Labute approximate surface area is 103 Å². The van der Waals surface area contributed by atoms with Crippen molar-refractivity contribution in [2.45, 2.75) is 0 Å². The number of carbonyl (C=O) groups excluding carboxylic acids is 1. The number of H-pyrrole nitrogens is 1. The highest BCUT2D eigenvalue weighted by atomic mass is 16.5. The summed E-state index contributed by atoms with van der Waals surface area (Å²) in [5.74, 6) is 0.261. The van der Waals surface area contributed by atoms with Crippen LogP contribution in [0.5, 0.6) is 5.75 Å². The van der Waals surface area contributed by atoms with Gasteiger partial charge in [-0.1, -0.05) is 0 Å². The van der Waals surface area contributed by atoms with Crippen LogP contribution < -0.4 is 10.1 Å².